The van der Waals surface area contributed by atoms with E-state index in [0.29, 0.717) is 5.92 Å². The zero-order valence-electron chi connectivity index (χ0n) is 7.19. The molecule has 1 radical (unpaired) electrons. The molecule has 0 aromatic carbocycles. The summed E-state index contributed by atoms with van der Waals surface area (Å²) in [5.41, 5.74) is 0. The molecule has 59 valence electrons. The van der Waals surface area contributed by atoms with Crippen molar-refractivity contribution in [1.29, 1.82) is 0 Å². The van der Waals surface area contributed by atoms with Gasteiger partial charge in [-0.3, -0.25) is 0 Å². The van der Waals surface area contributed by atoms with Crippen molar-refractivity contribution in [3.8, 4) is 24.2 Å². The maximum absolute atomic E-state index is 5.21. The van der Waals surface area contributed by atoms with E-state index in [2.05, 4.69) is 31.6 Å². The average molecular weight is 147 g/mol. The van der Waals surface area contributed by atoms with Gasteiger partial charge < -0.3 is 0 Å². The molecule has 0 amide bonds. The SMILES string of the molecule is C#CCC(CC)CCC#C[CH2]. The molecule has 0 saturated heterocycles. The number of terminal acetylenes is 1. The molecule has 0 fully saturated rings. The molecule has 1 unspecified atom stereocenters. The lowest BCUT2D eigenvalue weighted by Gasteiger charge is -2.07. The van der Waals surface area contributed by atoms with Crippen LogP contribution in [0.2, 0.25) is 0 Å². The third-order valence-electron chi connectivity index (χ3n) is 1.79. The quantitative estimate of drug-likeness (QED) is 0.536. The van der Waals surface area contributed by atoms with Crippen LogP contribution in [0.5, 0.6) is 0 Å². The summed E-state index contributed by atoms with van der Waals surface area (Å²) in [6.45, 7) is 5.62. The Morgan fingerprint density at radius 2 is 2.27 bits per heavy atom. The Balaban J connectivity index is 3.50. The smallest absolute Gasteiger partial charge is 0.0198 e. The predicted molar refractivity (Wildman–Crippen MR) is 49.6 cm³/mol. The fourth-order valence-corrected chi connectivity index (χ4v) is 0.982. The van der Waals surface area contributed by atoms with E-state index < -0.39 is 0 Å². The van der Waals surface area contributed by atoms with E-state index in [1.807, 2.05) is 0 Å². The van der Waals surface area contributed by atoms with E-state index in [4.69, 9.17) is 6.42 Å². The van der Waals surface area contributed by atoms with Crippen molar-refractivity contribution >= 4 is 0 Å². The van der Waals surface area contributed by atoms with E-state index in [-0.39, 0.29) is 0 Å². The second-order valence-corrected chi connectivity index (χ2v) is 2.57. The van der Waals surface area contributed by atoms with Gasteiger partial charge in [0.15, 0.2) is 0 Å². The monoisotopic (exact) mass is 147 g/mol. The van der Waals surface area contributed by atoms with Crippen molar-refractivity contribution in [2.24, 2.45) is 5.92 Å². The van der Waals surface area contributed by atoms with Crippen LogP contribution >= 0.6 is 0 Å². The molecule has 0 rings (SSSR count). The summed E-state index contributed by atoms with van der Waals surface area (Å²) in [6.07, 6.45) is 9.30. The van der Waals surface area contributed by atoms with Gasteiger partial charge in [-0.15, -0.1) is 24.2 Å². The van der Waals surface area contributed by atoms with Crippen molar-refractivity contribution in [2.45, 2.75) is 32.6 Å². The highest BCUT2D eigenvalue weighted by molar-refractivity contribution is 5.01. The van der Waals surface area contributed by atoms with Gasteiger partial charge in [-0.1, -0.05) is 13.3 Å². The molecule has 11 heavy (non-hydrogen) atoms. The molecule has 0 aromatic heterocycles. The fraction of sp³-hybridized carbons (Fsp3) is 0.545. The Labute approximate surface area is 70.4 Å². The average Bonchev–Trinajstić information content (AvgIpc) is 2.03. The largest absolute Gasteiger partial charge is 0.120 e. The van der Waals surface area contributed by atoms with Gasteiger partial charge in [-0.25, -0.2) is 0 Å². The van der Waals surface area contributed by atoms with Crippen molar-refractivity contribution in [2.75, 3.05) is 0 Å². The number of rotatable bonds is 4. The van der Waals surface area contributed by atoms with Gasteiger partial charge in [0.05, 0.1) is 0 Å². The molecule has 0 spiro atoms. The molecule has 0 N–H and O–H groups in total. The standard InChI is InChI=1S/C11H15/c1-4-7-8-10-11(6-3)9-5-2/h2,11H,1,6,8-10H2,3H3. The van der Waals surface area contributed by atoms with E-state index >= 15 is 0 Å². The zero-order valence-corrected chi connectivity index (χ0v) is 7.19. The summed E-state index contributed by atoms with van der Waals surface area (Å²) in [4.78, 5) is 0. The van der Waals surface area contributed by atoms with Gasteiger partial charge in [0.2, 0.25) is 0 Å². The van der Waals surface area contributed by atoms with Crippen LogP contribution in [-0.4, -0.2) is 0 Å². The van der Waals surface area contributed by atoms with Gasteiger partial charge in [-0.2, -0.15) is 0 Å². The molecular formula is C11H15. The topological polar surface area (TPSA) is 0 Å². The molecule has 0 heterocycles. The van der Waals surface area contributed by atoms with Crippen molar-refractivity contribution in [1.82, 2.24) is 0 Å². The summed E-state index contributed by atoms with van der Waals surface area (Å²) in [5, 5.41) is 0. The number of hydrogen-bond donors (Lipinski definition) is 0. The Kier molecular flexibility index (Phi) is 6.65. The van der Waals surface area contributed by atoms with Gasteiger partial charge in [0.25, 0.3) is 0 Å². The zero-order chi connectivity index (χ0) is 8.53. The Bertz CT molecular complexity index is 172. The first-order chi connectivity index (χ1) is 5.35. The van der Waals surface area contributed by atoms with Crippen molar-refractivity contribution in [3.63, 3.8) is 0 Å². The molecule has 0 aliphatic carbocycles. The second kappa shape index (κ2) is 7.23. The molecule has 0 aliphatic rings. The summed E-state index contributed by atoms with van der Waals surface area (Å²) in [7, 11) is 0. The van der Waals surface area contributed by atoms with Crippen LogP contribution in [0.25, 0.3) is 0 Å². The molecule has 0 bridgehead atoms. The van der Waals surface area contributed by atoms with Crippen LogP contribution in [-0.2, 0) is 0 Å². The molecular weight excluding hydrogens is 132 g/mol. The Morgan fingerprint density at radius 3 is 2.73 bits per heavy atom. The van der Waals surface area contributed by atoms with Crippen LogP contribution in [0.15, 0.2) is 0 Å². The van der Waals surface area contributed by atoms with Crippen LogP contribution in [0.1, 0.15) is 32.6 Å². The second-order valence-electron chi connectivity index (χ2n) is 2.57. The minimum Gasteiger partial charge on any atom is -0.120 e. The van der Waals surface area contributed by atoms with Crippen LogP contribution in [0, 0.1) is 37.0 Å². The molecule has 0 saturated carbocycles. The van der Waals surface area contributed by atoms with Crippen molar-refractivity contribution < 1.29 is 0 Å². The first kappa shape index (κ1) is 10.1. The maximum atomic E-state index is 5.21. The van der Waals surface area contributed by atoms with Gasteiger partial charge in [0, 0.05) is 19.8 Å². The predicted octanol–water partition coefficient (Wildman–Crippen LogP) is 2.65. The lowest BCUT2D eigenvalue weighted by molar-refractivity contribution is 0.490. The highest BCUT2D eigenvalue weighted by Gasteiger charge is 2.01. The van der Waals surface area contributed by atoms with Gasteiger partial charge in [0.1, 0.15) is 0 Å². The highest BCUT2D eigenvalue weighted by atomic mass is 14.1. The highest BCUT2D eigenvalue weighted by Crippen LogP contribution is 2.13. The fourth-order valence-electron chi connectivity index (χ4n) is 0.982. The van der Waals surface area contributed by atoms with Gasteiger partial charge in [-0.05, 0) is 12.3 Å². The van der Waals surface area contributed by atoms with E-state index in [0.717, 1.165) is 25.7 Å². The third kappa shape index (κ3) is 5.56. The summed E-state index contributed by atoms with van der Waals surface area (Å²) < 4.78 is 0. The Hall–Kier alpha value is -0.880. The lowest BCUT2D eigenvalue weighted by atomic mass is 9.97. The van der Waals surface area contributed by atoms with Crippen LogP contribution < -0.4 is 0 Å². The summed E-state index contributed by atoms with van der Waals surface area (Å²) in [5.74, 6) is 8.91. The first-order valence-electron chi connectivity index (χ1n) is 4.03. The van der Waals surface area contributed by atoms with E-state index in [9.17, 15) is 0 Å². The molecule has 1 atom stereocenters. The van der Waals surface area contributed by atoms with Crippen LogP contribution in [0.4, 0.5) is 0 Å². The molecule has 0 aliphatic heterocycles. The third-order valence-corrected chi connectivity index (χ3v) is 1.79. The number of hydrogen-bond acceptors (Lipinski definition) is 0. The van der Waals surface area contributed by atoms with E-state index in [1.54, 1.807) is 0 Å². The van der Waals surface area contributed by atoms with Crippen LogP contribution in [0.3, 0.4) is 0 Å². The van der Waals surface area contributed by atoms with E-state index in [1.165, 1.54) is 0 Å². The molecule has 0 aromatic rings. The molecule has 0 nitrogen and oxygen atoms in total. The van der Waals surface area contributed by atoms with Gasteiger partial charge >= 0.3 is 0 Å². The Morgan fingerprint density at radius 1 is 1.55 bits per heavy atom. The van der Waals surface area contributed by atoms with Crippen molar-refractivity contribution in [3.05, 3.63) is 6.92 Å². The summed E-state index contributed by atoms with van der Waals surface area (Å²) >= 11 is 0. The lowest BCUT2D eigenvalue weighted by Crippen LogP contribution is -1.96. The minimum atomic E-state index is 0.654. The first-order valence-corrected chi connectivity index (χ1v) is 4.03. The summed E-state index contributed by atoms with van der Waals surface area (Å²) in [6, 6.07) is 0. The normalized spacial score (nSPS) is 11.0. The molecule has 0 heteroatoms. The maximum Gasteiger partial charge on any atom is 0.0198 e. The minimum absolute atomic E-state index is 0.654.